The molecule has 1 aromatic heterocycles. The van der Waals surface area contributed by atoms with E-state index in [9.17, 15) is 13.2 Å². The SMILES string of the molecule is CC(C)n1cncc1CNc1cc(F)cc(F)c1F. The van der Waals surface area contributed by atoms with Crippen molar-refractivity contribution in [2.75, 3.05) is 5.32 Å². The molecule has 0 aliphatic heterocycles. The number of nitrogens with zero attached hydrogens (tertiary/aromatic N) is 2. The Labute approximate surface area is 109 Å². The quantitative estimate of drug-likeness (QED) is 0.861. The summed E-state index contributed by atoms with van der Waals surface area (Å²) in [7, 11) is 0. The second-order valence-electron chi connectivity index (χ2n) is 4.49. The molecule has 1 aromatic carbocycles. The van der Waals surface area contributed by atoms with Crippen molar-refractivity contribution in [3.63, 3.8) is 0 Å². The van der Waals surface area contributed by atoms with Gasteiger partial charge in [0.2, 0.25) is 0 Å². The number of nitrogens with one attached hydrogen (secondary N) is 1. The number of hydrogen-bond donors (Lipinski definition) is 1. The van der Waals surface area contributed by atoms with Crippen LogP contribution >= 0.6 is 0 Å². The minimum atomic E-state index is -1.21. The predicted molar refractivity (Wildman–Crippen MR) is 66.3 cm³/mol. The van der Waals surface area contributed by atoms with Gasteiger partial charge in [-0.2, -0.15) is 0 Å². The number of halogens is 3. The molecular weight excluding hydrogens is 255 g/mol. The Morgan fingerprint density at radius 1 is 1.26 bits per heavy atom. The minimum absolute atomic E-state index is 0.200. The minimum Gasteiger partial charge on any atom is -0.377 e. The summed E-state index contributed by atoms with van der Waals surface area (Å²) in [4.78, 5) is 3.99. The zero-order chi connectivity index (χ0) is 14.0. The van der Waals surface area contributed by atoms with Crippen molar-refractivity contribution in [2.45, 2.75) is 26.4 Å². The van der Waals surface area contributed by atoms with Crippen LogP contribution in [0.15, 0.2) is 24.7 Å². The van der Waals surface area contributed by atoms with E-state index in [-0.39, 0.29) is 18.3 Å². The summed E-state index contributed by atoms with van der Waals surface area (Å²) in [6, 6.07) is 1.64. The Morgan fingerprint density at radius 2 is 2.00 bits per heavy atom. The average Bonchev–Trinajstić information content (AvgIpc) is 2.80. The maximum atomic E-state index is 13.4. The highest BCUT2D eigenvalue weighted by atomic mass is 19.2. The van der Waals surface area contributed by atoms with Gasteiger partial charge in [0, 0.05) is 24.4 Å². The summed E-state index contributed by atoms with van der Waals surface area (Å²) in [5.74, 6) is -3.12. The van der Waals surface area contributed by atoms with Gasteiger partial charge in [-0.25, -0.2) is 18.2 Å². The second-order valence-corrected chi connectivity index (χ2v) is 4.49. The molecule has 0 bridgehead atoms. The average molecular weight is 269 g/mol. The summed E-state index contributed by atoms with van der Waals surface area (Å²) in [5.41, 5.74) is 0.605. The van der Waals surface area contributed by atoms with E-state index in [1.165, 1.54) is 0 Å². The van der Waals surface area contributed by atoms with Crippen LogP contribution in [0.3, 0.4) is 0 Å². The Balaban J connectivity index is 2.17. The van der Waals surface area contributed by atoms with Crippen LogP contribution in [0.2, 0.25) is 0 Å². The van der Waals surface area contributed by atoms with Crippen molar-refractivity contribution < 1.29 is 13.2 Å². The van der Waals surface area contributed by atoms with E-state index in [0.717, 1.165) is 11.8 Å². The topological polar surface area (TPSA) is 29.9 Å². The van der Waals surface area contributed by atoms with Crippen LogP contribution in [-0.4, -0.2) is 9.55 Å². The molecule has 0 spiro atoms. The number of rotatable bonds is 4. The monoisotopic (exact) mass is 269 g/mol. The van der Waals surface area contributed by atoms with Crippen LogP contribution in [0.5, 0.6) is 0 Å². The molecule has 2 rings (SSSR count). The highest BCUT2D eigenvalue weighted by Gasteiger charge is 2.12. The van der Waals surface area contributed by atoms with Crippen LogP contribution in [0, 0.1) is 17.5 Å². The molecule has 2 aromatic rings. The Morgan fingerprint density at radius 3 is 2.68 bits per heavy atom. The maximum Gasteiger partial charge on any atom is 0.182 e. The van der Waals surface area contributed by atoms with Crippen molar-refractivity contribution >= 4 is 5.69 Å². The zero-order valence-electron chi connectivity index (χ0n) is 10.6. The van der Waals surface area contributed by atoms with Gasteiger partial charge in [-0.1, -0.05) is 0 Å². The van der Waals surface area contributed by atoms with Gasteiger partial charge >= 0.3 is 0 Å². The second kappa shape index (κ2) is 5.34. The van der Waals surface area contributed by atoms with Crippen molar-refractivity contribution in [1.29, 1.82) is 0 Å². The molecular formula is C13H14F3N3. The third kappa shape index (κ3) is 2.89. The lowest BCUT2D eigenvalue weighted by Crippen LogP contribution is -2.10. The van der Waals surface area contributed by atoms with E-state index >= 15 is 0 Å². The van der Waals surface area contributed by atoms with Gasteiger partial charge in [-0.3, -0.25) is 0 Å². The van der Waals surface area contributed by atoms with Crippen molar-refractivity contribution in [3.8, 4) is 0 Å². The predicted octanol–water partition coefficient (Wildman–Crippen LogP) is 3.49. The fourth-order valence-corrected chi connectivity index (χ4v) is 1.80. The first-order valence-corrected chi connectivity index (χ1v) is 5.88. The number of anilines is 1. The molecule has 0 aliphatic rings. The number of imidazole rings is 1. The first-order valence-electron chi connectivity index (χ1n) is 5.88. The fraction of sp³-hybridized carbons (Fsp3) is 0.308. The molecule has 19 heavy (non-hydrogen) atoms. The standard InChI is InChI=1S/C13H14F3N3/c1-8(2)19-7-17-5-10(19)6-18-12-4-9(14)3-11(15)13(12)16/h3-5,7-8,18H,6H2,1-2H3. The zero-order valence-corrected chi connectivity index (χ0v) is 10.6. The van der Waals surface area contributed by atoms with E-state index in [4.69, 9.17) is 0 Å². The van der Waals surface area contributed by atoms with E-state index in [0.29, 0.717) is 6.07 Å². The molecule has 6 heteroatoms. The number of benzene rings is 1. The maximum absolute atomic E-state index is 13.4. The van der Waals surface area contributed by atoms with Gasteiger partial charge in [0.05, 0.1) is 24.3 Å². The molecule has 0 saturated carbocycles. The van der Waals surface area contributed by atoms with Gasteiger partial charge in [-0.15, -0.1) is 0 Å². The number of aromatic nitrogens is 2. The third-order valence-corrected chi connectivity index (χ3v) is 2.76. The molecule has 1 heterocycles. The summed E-state index contributed by atoms with van der Waals surface area (Å²) < 4.78 is 41.4. The van der Waals surface area contributed by atoms with Crippen LogP contribution in [0.4, 0.5) is 18.9 Å². The van der Waals surface area contributed by atoms with Crippen molar-refractivity contribution in [2.24, 2.45) is 0 Å². The van der Waals surface area contributed by atoms with Crippen molar-refractivity contribution in [3.05, 3.63) is 47.8 Å². The highest BCUT2D eigenvalue weighted by Crippen LogP contribution is 2.20. The van der Waals surface area contributed by atoms with E-state index in [2.05, 4.69) is 10.3 Å². The molecule has 3 nitrogen and oxygen atoms in total. The summed E-state index contributed by atoms with van der Waals surface area (Å²) in [6.07, 6.45) is 3.28. The molecule has 0 unspecified atom stereocenters. The normalized spacial score (nSPS) is 11.1. The molecule has 1 N–H and O–H groups in total. The highest BCUT2D eigenvalue weighted by molar-refractivity contribution is 5.45. The third-order valence-electron chi connectivity index (χ3n) is 2.76. The molecule has 0 fully saturated rings. The Bertz CT molecular complexity index is 579. The van der Waals surface area contributed by atoms with Gasteiger partial charge in [0.15, 0.2) is 11.6 Å². The molecule has 0 saturated heterocycles. The molecule has 0 amide bonds. The van der Waals surface area contributed by atoms with Crippen LogP contribution in [-0.2, 0) is 6.54 Å². The molecule has 0 aliphatic carbocycles. The van der Waals surface area contributed by atoms with Gasteiger partial charge in [-0.05, 0) is 13.8 Å². The van der Waals surface area contributed by atoms with Crippen molar-refractivity contribution in [1.82, 2.24) is 9.55 Å². The van der Waals surface area contributed by atoms with Crippen LogP contribution < -0.4 is 5.32 Å². The number of hydrogen-bond acceptors (Lipinski definition) is 2. The van der Waals surface area contributed by atoms with Crippen LogP contribution in [0.1, 0.15) is 25.6 Å². The Kier molecular flexibility index (Phi) is 3.78. The summed E-state index contributed by atoms with van der Waals surface area (Å²) in [5, 5.41) is 2.68. The first-order chi connectivity index (χ1) is 8.99. The van der Waals surface area contributed by atoms with E-state index < -0.39 is 17.5 Å². The lowest BCUT2D eigenvalue weighted by atomic mass is 10.2. The van der Waals surface area contributed by atoms with Crippen LogP contribution in [0.25, 0.3) is 0 Å². The van der Waals surface area contributed by atoms with E-state index in [1.807, 2.05) is 18.4 Å². The fourth-order valence-electron chi connectivity index (χ4n) is 1.80. The largest absolute Gasteiger partial charge is 0.377 e. The van der Waals surface area contributed by atoms with Gasteiger partial charge < -0.3 is 9.88 Å². The molecule has 0 radical (unpaired) electrons. The summed E-state index contributed by atoms with van der Waals surface area (Å²) in [6.45, 7) is 4.19. The summed E-state index contributed by atoms with van der Waals surface area (Å²) >= 11 is 0. The molecule has 102 valence electrons. The smallest absolute Gasteiger partial charge is 0.182 e. The van der Waals surface area contributed by atoms with E-state index in [1.54, 1.807) is 12.5 Å². The van der Waals surface area contributed by atoms with Gasteiger partial charge in [0.25, 0.3) is 0 Å². The lowest BCUT2D eigenvalue weighted by molar-refractivity contribution is 0.497. The van der Waals surface area contributed by atoms with Gasteiger partial charge in [0.1, 0.15) is 5.82 Å². The lowest BCUT2D eigenvalue weighted by Gasteiger charge is -2.13. The molecule has 0 atom stereocenters. The Hall–Kier alpha value is -1.98. The first kappa shape index (κ1) is 13.5.